The van der Waals surface area contributed by atoms with Crippen molar-refractivity contribution in [3.63, 3.8) is 0 Å². The Balaban J connectivity index is 1.15. The Morgan fingerprint density at radius 2 is 1.77 bits per heavy atom. The number of carbonyl (C=O) groups is 2. The number of amides is 2. The molecule has 1 aliphatic heterocycles. The molecule has 2 amide bonds. The smallest absolute Gasteiger partial charge is 0.416 e. The summed E-state index contributed by atoms with van der Waals surface area (Å²) in [4.78, 5) is 29.1. The summed E-state index contributed by atoms with van der Waals surface area (Å²) in [5.41, 5.74) is -0.983. The van der Waals surface area contributed by atoms with Gasteiger partial charge >= 0.3 is 6.18 Å². The lowest BCUT2D eigenvalue weighted by molar-refractivity contribution is -0.146. The number of hydrogen-bond donors (Lipinski definition) is 0. The van der Waals surface area contributed by atoms with Crippen LogP contribution in [0.5, 0.6) is 5.75 Å². The molecule has 2 saturated carbocycles. The van der Waals surface area contributed by atoms with Gasteiger partial charge in [-0.3, -0.25) is 9.59 Å². The maximum absolute atomic E-state index is 13.7. The standard InChI is InChI=1S/C30H34ClF3N2O3/c1-35(2)26(37)22-9-8-21(18-25(22)31)39-17-10-20-19-28(20)13-15-36(16-14-28)27(38)29(11-5-12-29)23-6-3-4-7-24(23)30(32,33)34/h3-4,6-9,18,20H,5,10-17,19H2,1-2H3/t20-/m1/s1. The van der Waals surface area contributed by atoms with Crippen LogP contribution in [0.15, 0.2) is 42.5 Å². The van der Waals surface area contributed by atoms with E-state index in [-0.39, 0.29) is 22.8 Å². The highest BCUT2D eigenvalue weighted by Gasteiger charge is 2.57. The fourth-order valence-corrected chi connectivity index (χ4v) is 6.76. The van der Waals surface area contributed by atoms with Gasteiger partial charge in [0.05, 0.1) is 28.2 Å². The fourth-order valence-electron chi connectivity index (χ4n) is 6.51. The van der Waals surface area contributed by atoms with Crippen molar-refractivity contribution in [2.75, 3.05) is 33.8 Å². The summed E-state index contributed by atoms with van der Waals surface area (Å²) in [7, 11) is 3.35. The quantitative estimate of drug-likeness (QED) is 0.383. The Morgan fingerprint density at radius 3 is 2.36 bits per heavy atom. The van der Waals surface area contributed by atoms with Crippen LogP contribution in [0.3, 0.4) is 0 Å². The first-order valence-electron chi connectivity index (χ1n) is 13.6. The number of nitrogens with zero attached hydrogens (tertiary/aromatic N) is 2. The minimum atomic E-state index is -4.48. The van der Waals surface area contributed by atoms with E-state index >= 15 is 0 Å². The number of alkyl halides is 3. The molecule has 0 radical (unpaired) electrons. The van der Waals surface area contributed by atoms with E-state index in [1.54, 1.807) is 38.4 Å². The van der Waals surface area contributed by atoms with Gasteiger partial charge in [0.25, 0.3) is 5.91 Å². The van der Waals surface area contributed by atoms with Gasteiger partial charge in [0.1, 0.15) is 5.75 Å². The first kappa shape index (κ1) is 27.8. The van der Waals surface area contributed by atoms with Crippen LogP contribution in [0, 0.1) is 11.3 Å². The number of piperidine rings is 1. The lowest BCUT2D eigenvalue weighted by atomic mass is 9.62. The average molecular weight is 563 g/mol. The normalized spacial score (nSPS) is 21.3. The summed E-state index contributed by atoms with van der Waals surface area (Å²) in [6.07, 6.45) is 0.915. The molecule has 2 aliphatic carbocycles. The lowest BCUT2D eigenvalue weighted by Gasteiger charge is -2.46. The van der Waals surface area contributed by atoms with Gasteiger partial charge in [0, 0.05) is 27.2 Å². The zero-order chi connectivity index (χ0) is 28.0. The molecule has 1 spiro atoms. The van der Waals surface area contributed by atoms with Gasteiger partial charge in [-0.2, -0.15) is 13.2 Å². The van der Waals surface area contributed by atoms with Gasteiger partial charge in [-0.25, -0.2) is 0 Å². The summed E-state index contributed by atoms with van der Waals surface area (Å²) in [6.45, 7) is 1.70. The van der Waals surface area contributed by atoms with Gasteiger partial charge in [0.15, 0.2) is 0 Å². The molecular formula is C30H34ClF3N2O3. The van der Waals surface area contributed by atoms with E-state index in [9.17, 15) is 22.8 Å². The molecule has 2 aromatic carbocycles. The van der Waals surface area contributed by atoms with Crippen LogP contribution >= 0.6 is 11.6 Å². The highest BCUT2D eigenvalue weighted by Crippen LogP contribution is 2.61. The second kappa shape index (κ2) is 10.3. The minimum Gasteiger partial charge on any atom is -0.494 e. The fraction of sp³-hybridized carbons (Fsp3) is 0.533. The summed E-state index contributed by atoms with van der Waals surface area (Å²) in [6, 6.07) is 10.7. The van der Waals surface area contributed by atoms with E-state index in [1.807, 2.05) is 4.90 Å². The summed E-state index contributed by atoms with van der Waals surface area (Å²) in [5.74, 6) is 0.816. The molecule has 5 rings (SSSR count). The summed E-state index contributed by atoms with van der Waals surface area (Å²) in [5, 5.41) is 0.355. The molecular weight excluding hydrogens is 529 g/mol. The average Bonchev–Trinajstić information content (AvgIpc) is 3.54. The van der Waals surface area contributed by atoms with Crippen molar-refractivity contribution in [2.24, 2.45) is 11.3 Å². The summed E-state index contributed by atoms with van der Waals surface area (Å²) < 4.78 is 47.2. The van der Waals surface area contributed by atoms with Crippen LogP contribution in [0.2, 0.25) is 5.02 Å². The molecule has 39 heavy (non-hydrogen) atoms. The number of rotatable bonds is 7. The molecule has 9 heteroatoms. The Morgan fingerprint density at radius 1 is 1.08 bits per heavy atom. The Bertz CT molecular complexity index is 1250. The number of hydrogen-bond acceptors (Lipinski definition) is 3. The van der Waals surface area contributed by atoms with Crippen molar-refractivity contribution in [2.45, 2.75) is 56.5 Å². The van der Waals surface area contributed by atoms with Crippen LogP contribution in [-0.2, 0) is 16.4 Å². The van der Waals surface area contributed by atoms with Crippen molar-refractivity contribution >= 4 is 23.4 Å². The molecule has 1 heterocycles. The van der Waals surface area contributed by atoms with Crippen LogP contribution in [0.25, 0.3) is 0 Å². The van der Waals surface area contributed by atoms with Crippen LogP contribution in [-0.4, -0.2) is 55.4 Å². The first-order chi connectivity index (χ1) is 18.5. The number of benzene rings is 2. The van der Waals surface area contributed by atoms with Crippen LogP contribution < -0.4 is 4.74 Å². The predicted octanol–water partition coefficient (Wildman–Crippen LogP) is 6.58. The minimum absolute atomic E-state index is 0.134. The molecule has 210 valence electrons. The van der Waals surface area contributed by atoms with Crippen LogP contribution in [0.1, 0.15) is 66.4 Å². The van der Waals surface area contributed by atoms with E-state index in [0.29, 0.717) is 54.8 Å². The molecule has 3 aliphatic rings. The third-order valence-electron chi connectivity index (χ3n) is 9.08. The van der Waals surface area contributed by atoms with E-state index in [4.69, 9.17) is 16.3 Å². The molecule has 1 saturated heterocycles. The highest BCUT2D eigenvalue weighted by molar-refractivity contribution is 6.34. The zero-order valence-corrected chi connectivity index (χ0v) is 23.1. The highest BCUT2D eigenvalue weighted by atomic mass is 35.5. The Hall–Kier alpha value is -2.74. The molecule has 1 atom stereocenters. The number of carbonyl (C=O) groups excluding carboxylic acids is 2. The van der Waals surface area contributed by atoms with Crippen LogP contribution in [0.4, 0.5) is 13.2 Å². The zero-order valence-electron chi connectivity index (χ0n) is 22.3. The number of halogens is 4. The van der Waals surface area contributed by atoms with Crippen molar-refractivity contribution in [3.05, 3.63) is 64.2 Å². The van der Waals surface area contributed by atoms with Gasteiger partial charge in [-0.1, -0.05) is 36.2 Å². The van der Waals surface area contributed by atoms with Gasteiger partial charge < -0.3 is 14.5 Å². The first-order valence-corrected chi connectivity index (χ1v) is 13.9. The second-order valence-corrected chi connectivity index (χ2v) is 11.9. The predicted molar refractivity (Wildman–Crippen MR) is 143 cm³/mol. The van der Waals surface area contributed by atoms with Crippen molar-refractivity contribution < 1.29 is 27.5 Å². The lowest BCUT2D eigenvalue weighted by Crippen LogP contribution is -2.54. The van der Waals surface area contributed by atoms with E-state index in [2.05, 4.69) is 0 Å². The topological polar surface area (TPSA) is 49.9 Å². The monoisotopic (exact) mass is 562 g/mol. The largest absolute Gasteiger partial charge is 0.494 e. The van der Waals surface area contributed by atoms with E-state index < -0.39 is 17.2 Å². The molecule has 0 N–H and O–H groups in total. The molecule has 3 fully saturated rings. The van der Waals surface area contributed by atoms with E-state index in [0.717, 1.165) is 38.2 Å². The Kier molecular flexibility index (Phi) is 7.38. The maximum atomic E-state index is 13.7. The molecule has 2 aromatic rings. The maximum Gasteiger partial charge on any atom is 0.416 e. The number of likely N-dealkylation sites (tertiary alicyclic amines) is 1. The molecule has 0 unspecified atom stereocenters. The molecule has 5 nitrogen and oxygen atoms in total. The second-order valence-electron chi connectivity index (χ2n) is 11.5. The third kappa shape index (κ3) is 5.24. The number of ether oxygens (including phenoxy) is 1. The van der Waals surface area contributed by atoms with Gasteiger partial charge in [-0.15, -0.1) is 0 Å². The molecule has 0 aromatic heterocycles. The van der Waals surface area contributed by atoms with Gasteiger partial charge in [0.2, 0.25) is 5.91 Å². The third-order valence-corrected chi connectivity index (χ3v) is 9.39. The SMILES string of the molecule is CN(C)C(=O)c1ccc(OCC[C@@H]2CC23CCN(C(=O)C2(c4ccccc4C(F)(F)F)CCC2)CC3)cc1Cl. The van der Waals surface area contributed by atoms with Crippen molar-refractivity contribution in [3.8, 4) is 5.75 Å². The Labute approximate surface area is 232 Å². The van der Waals surface area contributed by atoms with Crippen molar-refractivity contribution in [1.29, 1.82) is 0 Å². The van der Waals surface area contributed by atoms with E-state index in [1.165, 1.54) is 17.0 Å². The summed E-state index contributed by atoms with van der Waals surface area (Å²) >= 11 is 6.28. The molecule has 0 bridgehead atoms. The van der Waals surface area contributed by atoms with Gasteiger partial charge in [-0.05, 0) is 79.7 Å². The van der Waals surface area contributed by atoms with Crippen molar-refractivity contribution in [1.82, 2.24) is 9.80 Å².